The van der Waals surface area contributed by atoms with Crippen molar-refractivity contribution in [2.24, 2.45) is 0 Å². The number of H-pyrrole nitrogens is 1. The highest BCUT2D eigenvalue weighted by molar-refractivity contribution is 5.94. The molecule has 0 amide bonds. The molecular formula is C18H21N5O. The van der Waals surface area contributed by atoms with E-state index in [1.165, 1.54) is 11.3 Å². The summed E-state index contributed by atoms with van der Waals surface area (Å²) in [5.74, 6) is 0. The fourth-order valence-electron chi connectivity index (χ4n) is 3.76. The molecule has 1 atom stereocenters. The highest BCUT2D eigenvalue weighted by atomic mass is 16.3. The average molecular weight is 323 g/mol. The molecule has 1 aliphatic rings. The molecule has 124 valence electrons. The Morgan fingerprint density at radius 1 is 1.33 bits per heavy atom. The van der Waals surface area contributed by atoms with Crippen LogP contribution in [0.4, 0.5) is 5.69 Å². The lowest BCUT2D eigenvalue weighted by atomic mass is 9.99. The van der Waals surface area contributed by atoms with Gasteiger partial charge < -0.3 is 10.0 Å². The fraction of sp³-hybridized carbons (Fsp3) is 0.389. The number of aryl methyl sites for hydroxylation is 1. The molecule has 24 heavy (non-hydrogen) atoms. The van der Waals surface area contributed by atoms with Crippen molar-refractivity contribution in [3.05, 3.63) is 47.4 Å². The van der Waals surface area contributed by atoms with Crippen LogP contribution < -0.4 is 4.90 Å². The normalized spacial score (nSPS) is 20.9. The molecule has 6 heteroatoms. The average Bonchev–Trinajstić information content (AvgIpc) is 3.24. The molecule has 2 aromatic heterocycles. The number of fused-ring (bicyclic) bond motifs is 1. The summed E-state index contributed by atoms with van der Waals surface area (Å²) in [5, 5.41) is 22.7. The fourth-order valence-corrected chi connectivity index (χ4v) is 3.76. The van der Waals surface area contributed by atoms with Gasteiger partial charge >= 0.3 is 0 Å². The summed E-state index contributed by atoms with van der Waals surface area (Å²) in [6, 6.07) is 8.22. The summed E-state index contributed by atoms with van der Waals surface area (Å²) < 4.78 is 0. The first kappa shape index (κ1) is 15.1. The van der Waals surface area contributed by atoms with Gasteiger partial charge in [-0.15, -0.1) is 0 Å². The topological polar surface area (TPSA) is 77.9 Å². The lowest BCUT2D eigenvalue weighted by Gasteiger charge is -2.26. The van der Waals surface area contributed by atoms with Crippen LogP contribution >= 0.6 is 0 Å². The number of hydrogen-bond acceptors (Lipinski definition) is 5. The van der Waals surface area contributed by atoms with E-state index in [4.69, 9.17) is 4.98 Å². The summed E-state index contributed by atoms with van der Waals surface area (Å²) in [4.78, 5) is 7.02. The first-order valence-corrected chi connectivity index (χ1v) is 8.34. The highest BCUT2D eigenvalue weighted by Gasteiger charge is 2.40. The van der Waals surface area contributed by atoms with Crippen LogP contribution in [0.25, 0.3) is 10.9 Å². The molecule has 3 heterocycles. The molecule has 3 aromatic rings. The number of aromatic amines is 1. The third kappa shape index (κ3) is 2.26. The van der Waals surface area contributed by atoms with Gasteiger partial charge in [-0.2, -0.15) is 15.4 Å². The Labute approximate surface area is 140 Å². The number of hydrogen-bond donors (Lipinski definition) is 2. The number of pyridine rings is 1. The van der Waals surface area contributed by atoms with E-state index in [0.717, 1.165) is 29.6 Å². The molecule has 6 nitrogen and oxygen atoms in total. The van der Waals surface area contributed by atoms with E-state index in [1.807, 2.05) is 18.2 Å². The van der Waals surface area contributed by atoms with Gasteiger partial charge in [-0.25, -0.2) is 0 Å². The van der Waals surface area contributed by atoms with E-state index >= 15 is 0 Å². The Morgan fingerprint density at radius 3 is 2.92 bits per heavy atom. The van der Waals surface area contributed by atoms with Crippen molar-refractivity contribution in [2.45, 2.75) is 32.3 Å². The molecule has 0 unspecified atom stereocenters. The zero-order valence-corrected chi connectivity index (χ0v) is 14.0. The standard InChI is InChI=1S/C18H21N5O/c1-3-13-12(2)20-15-7-5-4-6-14(15)17(13)23-9-8-18(24,11-23)16-10-19-22-21-16/h4-7,10,24H,3,8-9,11H2,1-2H3,(H,19,21,22)/t18-/m0/s1. The van der Waals surface area contributed by atoms with Crippen LogP contribution in [0.3, 0.4) is 0 Å². The van der Waals surface area contributed by atoms with Crippen molar-refractivity contribution in [3.8, 4) is 0 Å². The Bertz CT molecular complexity index is 877. The van der Waals surface area contributed by atoms with E-state index < -0.39 is 5.60 Å². The summed E-state index contributed by atoms with van der Waals surface area (Å²) in [6.07, 6.45) is 3.16. The number of nitrogens with zero attached hydrogens (tertiary/aromatic N) is 4. The number of nitrogens with one attached hydrogen (secondary N) is 1. The third-order valence-corrected chi connectivity index (χ3v) is 4.98. The number of benzene rings is 1. The van der Waals surface area contributed by atoms with Crippen LogP contribution in [-0.2, 0) is 12.0 Å². The Balaban J connectivity index is 1.82. The first-order chi connectivity index (χ1) is 11.6. The zero-order chi connectivity index (χ0) is 16.7. The summed E-state index contributed by atoms with van der Waals surface area (Å²) in [5.41, 5.74) is 4.15. The summed E-state index contributed by atoms with van der Waals surface area (Å²) >= 11 is 0. The quantitative estimate of drug-likeness (QED) is 0.773. The second-order valence-corrected chi connectivity index (χ2v) is 6.45. The maximum absolute atomic E-state index is 11.0. The summed E-state index contributed by atoms with van der Waals surface area (Å²) in [6.45, 7) is 5.51. The Hall–Kier alpha value is -2.47. The zero-order valence-electron chi connectivity index (χ0n) is 14.0. The Morgan fingerprint density at radius 2 is 2.17 bits per heavy atom. The first-order valence-electron chi connectivity index (χ1n) is 8.34. The molecule has 0 bridgehead atoms. The van der Waals surface area contributed by atoms with Crippen LogP contribution in [0.15, 0.2) is 30.5 Å². The number of aliphatic hydroxyl groups is 1. The van der Waals surface area contributed by atoms with E-state index in [1.54, 1.807) is 6.20 Å². The molecule has 0 saturated carbocycles. The van der Waals surface area contributed by atoms with Gasteiger partial charge in [-0.3, -0.25) is 4.98 Å². The minimum absolute atomic E-state index is 0.514. The van der Waals surface area contributed by atoms with Crippen molar-refractivity contribution in [1.29, 1.82) is 0 Å². The van der Waals surface area contributed by atoms with E-state index in [9.17, 15) is 5.11 Å². The van der Waals surface area contributed by atoms with Gasteiger partial charge in [0.2, 0.25) is 0 Å². The lowest BCUT2D eigenvalue weighted by Crippen LogP contribution is -2.31. The third-order valence-electron chi connectivity index (χ3n) is 4.98. The van der Waals surface area contributed by atoms with Crippen molar-refractivity contribution < 1.29 is 5.11 Å². The van der Waals surface area contributed by atoms with Crippen LogP contribution in [0.2, 0.25) is 0 Å². The molecule has 1 saturated heterocycles. The minimum Gasteiger partial charge on any atom is -0.381 e. The van der Waals surface area contributed by atoms with Gasteiger partial charge in [0.15, 0.2) is 0 Å². The predicted molar refractivity (Wildman–Crippen MR) is 93.0 cm³/mol. The Kier molecular flexibility index (Phi) is 3.49. The molecule has 2 N–H and O–H groups in total. The second kappa shape index (κ2) is 5.56. The minimum atomic E-state index is -0.962. The van der Waals surface area contributed by atoms with Crippen molar-refractivity contribution in [3.63, 3.8) is 0 Å². The SMILES string of the molecule is CCc1c(C)nc2ccccc2c1N1CC[C@@](O)(c2cn[nH]n2)C1. The molecule has 1 aliphatic heterocycles. The van der Waals surface area contributed by atoms with Crippen LogP contribution in [0.1, 0.15) is 30.3 Å². The van der Waals surface area contributed by atoms with Crippen LogP contribution in [0.5, 0.6) is 0 Å². The van der Waals surface area contributed by atoms with Gasteiger partial charge in [0.05, 0.1) is 23.9 Å². The van der Waals surface area contributed by atoms with Crippen LogP contribution in [-0.4, -0.2) is 38.6 Å². The number of para-hydroxylation sites is 1. The van der Waals surface area contributed by atoms with Crippen molar-refractivity contribution in [1.82, 2.24) is 20.4 Å². The lowest BCUT2D eigenvalue weighted by molar-refractivity contribution is 0.0560. The second-order valence-electron chi connectivity index (χ2n) is 6.45. The van der Waals surface area contributed by atoms with E-state index in [0.29, 0.717) is 18.7 Å². The molecule has 0 aliphatic carbocycles. The van der Waals surface area contributed by atoms with Crippen molar-refractivity contribution in [2.75, 3.05) is 18.0 Å². The van der Waals surface area contributed by atoms with Crippen molar-refractivity contribution >= 4 is 16.6 Å². The predicted octanol–water partition coefficient (Wildman–Crippen LogP) is 2.32. The number of rotatable bonds is 3. The number of aromatic nitrogens is 4. The maximum atomic E-state index is 11.0. The molecule has 0 spiro atoms. The maximum Gasteiger partial charge on any atom is 0.129 e. The smallest absolute Gasteiger partial charge is 0.129 e. The monoisotopic (exact) mass is 323 g/mol. The number of β-amino-alcohol motifs (C(OH)–C–C–N with tert-alkyl or cyclic N) is 1. The number of anilines is 1. The van der Waals surface area contributed by atoms with Gasteiger partial charge in [-0.1, -0.05) is 25.1 Å². The van der Waals surface area contributed by atoms with E-state index in [-0.39, 0.29) is 0 Å². The van der Waals surface area contributed by atoms with Gasteiger partial charge in [0, 0.05) is 24.0 Å². The molecule has 1 fully saturated rings. The molecule has 1 aromatic carbocycles. The highest BCUT2D eigenvalue weighted by Crippen LogP contribution is 2.39. The van der Waals surface area contributed by atoms with E-state index in [2.05, 4.69) is 40.2 Å². The van der Waals surface area contributed by atoms with Gasteiger partial charge in [-0.05, 0) is 25.0 Å². The molecular weight excluding hydrogens is 302 g/mol. The van der Waals surface area contributed by atoms with Gasteiger partial charge in [0.25, 0.3) is 0 Å². The summed E-state index contributed by atoms with van der Waals surface area (Å²) in [7, 11) is 0. The largest absolute Gasteiger partial charge is 0.381 e. The van der Waals surface area contributed by atoms with Gasteiger partial charge in [0.1, 0.15) is 11.3 Å². The molecule has 4 rings (SSSR count). The van der Waals surface area contributed by atoms with Crippen LogP contribution in [0, 0.1) is 6.92 Å². The molecule has 0 radical (unpaired) electrons.